The lowest BCUT2D eigenvalue weighted by Crippen LogP contribution is -2.25. The van der Waals surface area contributed by atoms with E-state index in [0.717, 1.165) is 22.1 Å². The van der Waals surface area contributed by atoms with E-state index in [4.69, 9.17) is 18.9 Å². The van der Waals surface area contributed by atoms with Gasteiger partial charge in [-0.1, -0.05) is 12.1 Å². The van der Waals surface area contributed by atoms with Crippen LogP contribution < -0.4 is 9.47 Å². The van der Waals surface area contributed by atoms with Crippen LogP contribution in [0, 0.1) is 0 Å². The molecule has 0 radical (unpaired) electrons. The van der Waals surface area contributed by atoms with Gasteiger partial charge in [-0.05, 0) is 23.8 Å². The Kier molecular flexibility index (Phi) is 6.00. The maximum atomic E-state index is 9.45. The molecule has 0 aliphatic heterocycles. The molecule has 0 amide bonds. The minimum Gasteiger partial charge on any atom is -0.496 e. The minimum absolute atomic E-state index is 0.0594. The molecule has 0 saturated heterocycles. The lowest BCUT2D eigenvalue weighted by atomic mass is 10.1. The number of ether oxygens (including phenoxy) is 4. The topological polar surface area (TPSA) is 57.2 Å². The molecule has 0 aromatic heterocycles. The molecule has 0 aliphatic carbocycles. The van der Waals surface area contributed by atoms with Crippen LogP contribution in [-0.2, 0) is 16.1 Å². The number of fused-ring (bicyclic) bond motifs is 1. The highest BCUT2D eigenvalue weighted by molar-refractivity contribution is 5.93. The molecule has 0 spiro atoms. The Morgan fingerprint density at radius 1 is 1.00 bits per heavy atom. The first-order valence-corrected chi connectivity index (χ1v) is 7.08. The van der Waals surface area contributed by atoms with Gasteiger partial charge in [0.25, 0.3) is 0 Å². The van der Waals surface area contributed by atoms with Crippen LogP contribution in [0.4, 0.5) is 0 Å². The van der Waals surface area contributed by atoms with Gasteiger partial charge in [0.05, 0.1) is 20.3 Å². The largest absolute Gasteiger partial charge is 0.496 e. The number of aliphatic hydroxyl groups excluding tert-OH is 1. The molecule has 0 fully saturated rings. The summed E-state index contributed by atoms with van der Waals surface area (Å²) in [6.45, 7) is 0.763. The first kappa shape index (κ1) is 16.5. The highest BCUT2D eigenvalue weighted by Crippen LogP contribution is 2.33. The molecule has 0 bridgehead atoms. The fourth-order valence-electron chi connectivity index (χ4n) is 2.32. The van der Waals surface area contributed by atoms with E-state index in [-0.39, 0.29) is 12.7 Å². The van der Waals surface area contributed by atoms with Gasteiger partial charge in [-0.3, -0.25) is 0 Å². The van der Waals surface area contributed by atoms with Gasteiger partial charge in [-0.15, -0.1) is 0 Å². The quantitative estimate of drug-likeness (QED) is 0.811. The number of benzene rings is 2. The Labute approximate surface area is 130 Å². The molecule has 2 aromatic carbocycles. The fraction of sp³-hybridized carbons (Fsp3) is 0.412. The van der Waals surface area contributed by atoms with Gasteiger partial charge < -0.3 is 24.1 Å². The maximum Gasteiger partial charge on any atom is 0.127 e. The van der Waals surface area contributed by atoms with Crippen LogP contribution in [0.5, 0.6) is 11.5 Å². The summed E-state index contributed by atoms with van der Waals surface area (Å²) in [5.41, 5.74) is 0.771. The standard InChI is InChI=1S/C17H22O5/c1-19-10-13(20-2)11-22-17-8-12(9-18)7-15-14(17)5-4-6-16(15)21-3/h4-8,13,18H,9-11H2,1-3H3. The van der Waals surface area contributed by atoms with E-state index in [1.54, 1.807) is 21.3 Å². The molecule has 5 nitrogen and oxygen atoms in total. The van der Waals surface area contributed by atoms with Crippen LogP contribution >= 0.6 is 0 Å². The van der Waals surface area contributed by atoms with Crippen molar-refractivity contribution in [3.63, 3.8) is 0 Å². The van der Waals surface area contributed by atoms with E-state index in [2.05, 4.69) is 0 Å². The van der Waals surface area contributed by atoms with Gasteiger partial charge in [-0.25, -0.2) is 0 Å². The summed E-state index contributed by atoms with van der Waals surface area (Å²) in [4.78, 5) is 0. The van der Waals surface area contributed by atoms with E-state index in [0.29, 0.717) is 19.0 Å². The van der Waals surface area contributed by atoms with E-state index in [1.165, 1.54) is 0 Å². The molecule has 1 N–H and O–H groups in total. The Morgan fingerprint density at radius 2 is 1.82 bits per heavy atom. The molecule has 120 valence electrons. The first-order chi connectivity index (χ1) is 10.7. The molecular formula is C17H22O5. The summed E-state index contributed by atoms with van der Waals surface area (Å²) in [5.74, 6) is 1.44. The summed E-state index contributed by atoms with van der Waals surface area (Å²) >= 11 is 0. The molecule has 2 rings (SSSR count). The Balaban J connectivity index is 2.35. The van der Waals surface area contributed by atoms with Gasteiger partial charge in [0.1, 0.15) is 24.2 Å². The SMILES string of the molecule is COCC(COc1cc(CO)cc2c(OC)cccc12)OC. The smallest absolute Gasteiger partial charge is 0.127 e. The van der Waals surface area contributed by atoms with Crippen molar-refractivity contribution in [2.45, 2.75) is 12.7 Å². The van der Waals surface area contributed by atoms with Crippen LogP contribution in [-0.4, -0.2) is 45.8 Å². The normalized spacial score (nSPS) is 12.4. The zero-order valence-electron chi connectivity index (χ0n) is 13.2. The van der Waals surface area contributed by atoms with E-state index in [9.17, 15) is 5.11 Å². The maximum absolute atomic E-state index is 9.45. The lowest BCUT2D eigenvalue weighted by Gasteiger charge is -2.17. The second-order valence-electron chi connectivity index (χ2n) is 4.93. The van der Waals surface area contributed by atoms with Crippen molar-refractivity contribution in [1.82, 2.24) is 0 Å². The Morgan fingerprint density at radius 3 is 2.45 bits per heavy atom. The Bertz CT molecular complexity index is 611. The van der Waals surface area contributed by atoms with Crippen LogP contribution in [0.1, 0.15) is 5.56 Å². The summed E-state index contributed by atoms with van der Waals surface area (Å²) in [6.07, 6.45) is -0.150. The number of aliphatic hydroxyl groups is 1. The zero-order valence-corrected chi connectivity index (χ0v) is 13.2. The molecule has 2 aromatic rings. The molecule has 1 atom stereocenters. The van der Waals surface area contributed by atoms with Crippen molar-refractivity contribution in [2.24, 2.45) is 0 Å². The van der Waals surface area contributed by atoms with Gasteiger partial charge in [0.2, 0.25) is 0 Å². The number of methoxy groups -OCH3 is 3. The molecule has 22 heavy (non-hydrogen) atoms. The second-order valence-corrected chi connectivity index (χ2v) is 4.93. The van der Waals surface area contributed by atoms with Crippen molar-refractivity contribution in [3.05, 3.63) is 35.9 Å². The summed E-state index contributed by atoms with van der Waals surface area (Å²) < 4.78 is 21.7. The minimum atomic E-state index is -0.150. The van der Waals surface area contributed by atoms with Gasteiger partial charge in [-0.2, -0.15) is 0 Å². The van der Waals surface area contributed by atoms with E-state index in [1.807, 2.05) is 30.3 Å². The van der Waals surface area contributed by atoms with E-state index < -0.39 is 0 Å². The van der Waals surface area contributed by atoms with Crippen molar-refractivity contribution in [1.29, 1.82) is 0 Å². The Hall–Kier alpha value is -1.82. The summed E-state index contributed by atoms with van der Waals surface area (Å²) in [7, 11) is 4.87. The first-order valence-electron chi connectivity index (χ1n) is 7.08. The van der Waals surface area contributed by atoms with Gasteiger partial charge >= 0.3 is 0 Å². The number of hydrogen-bond acceptors (Lipinski definition) is 5. The lowest BCUT2D eigenvalue weighted by molar-refractivity contribution is 0.00116. The molecule has 0 saturated carbocycles. The van der Waals surface area contributed by atoms with Crippen molar-refractivity contribution in [2.75, 3.05) is 34.5 Å². The van der Waals surface area contributed by atoms with E-state index >= 15 is 0 Å². The zero-order chi connectivity index (χ0) is 15.9. The monoisotopic (exact) mass is 306 g/mol. The van der Waals surface area contributed by atoms with Crippen LogP contribution in [0.2, 0.25) is 0 Å². The van der Waals surface area contributed by atoms with Crippen LogP contribution in [0.25, 0.3) is 10.8 Å². The molecule has 1 unspecified atom stereocenters. The van der Waals surface area contributed by atoms with Crippen LogP contribution in [0.15, 0.2) is 30.3 Å². The van der Waals surface area contributed by atoms with Crippen molar-refractivity contribution in [3.8, 4) is 11.5 Å². The van der Waals surface area contributed by atoms with Crippen molar-refractivity contribution >= 4 is 10.8 Å². The molecular weight excluding hydrogens is 284 g/mol. The molecule has 0 heterocycles. The number of rotatable bonds is 8. The average molecular weight is 306 g/mol. The third kappa shape index (κ3) is 3.68. The molecule has 0 aliphatic rings. The van der Waals surface area contributed by atoms with Crippen molar-refractivity contribution < 1.29 is 24.1 Å². The predicted molar refractivity (Wildman–Crippen MR) is 84.6 cm³/mol. The summed E-state index contributed by atoms with van der Waals surface area (Å²) in [6, 6.07) is 9.50. The summed E-state index contributed by atoms with van der Waals surface area (Å²) in [5, 5.41) is 11.3. The third-order valence-corrected chi connectivity index (χ3v) is 3.49. The highest BCUT2D eigenvalue weighted by atomic mass is 16.5. The number of hydrogen-bond donors (Lipinski definition) is 1. The van der Waals surface area contributed by atoms with Gasteiger partial charge in [0.15, 0.2) is 0 Å². The second kappa shape index (κ2) is 7.98. The molecule has 5 heteroatoms. The average Bonchev–Trinajstić information content (AvgIpc) is 2.57. The van der Waals surface area contributed by atoms with Gasteiger partial charge in [0, 0.05) is 25.0 Å². The third-order valence-electron chi connectivity index (χ3n) is 3.49. The van der Waals surface area contributed by atoms with Crippen LogP contribution in [0.3, 0.4) is 0 Å². The highest BCUT2D eigenvalue weighted by Gasteiger charge is 2.12. The predicted octanol–water partition coefficient (Wildman–Crippen LogP) is 2.38. The fourth-order valence-corrected chi connectivity index (χ4v) is 2.32.